The maximum absolute atomic E-state index is 13.6. The summed E-state index contributed by atoms with van der Waals surface area (Å²) in [5, 5.41) is 3.06. The maximum atomic E-state index is 13.6. The Bertz CT molecular complexity index is 932. The fraction of sp³-hybridized carbons (Fsp3) is 0.417. The largest absolute Gasteiger partial charge is 0.496 e. The van der Waals surface area contributed by atoms with E-state index in [-0.39, 0.29) is 17.9 Å². The minimum atomic E-state index is -0.464. The van der Waals surface area contributed by atoms with Crippen molar-refractivity contribution in [3.8, 4) is 5.75 Å². The molecule has 4 rings (SSSR count). The number of benzene rings is 2. The van der Waals surface area contributed by atoms with Crippen LogP contribution < -0.4 is 10.1 Å². The fourth-order valence-corrected chi connectivity index (χ4v) is 5.33. The SMILES string of the molecule is COc1ccccc1C(=O)N1C(C(=O)Nc2cccc(SC)c2)CC2CCCCC21. The number of thioether (sulfide) groups is 1. The molecule has 1 aliphatic carbocycles. The summed E-state index contributed by atoms with van der Waals surface area (Å²) >= 11 is 1.64. The Morgan fingerprint density at radius 1 is 1.10 bits per heavy atom. The normalized spacial score (nSPS) is 23.0. The predicted octanol–water partition coefficient (Wildman–Crippen LogP) is 4.83. The van der Waals surface area contributed by atoms with Crippen molar-refractivity contribution in [1.29, 1.82) is 0 Å². The van der Waals surface area contributed by atoms with Gasteiger partial charge in [-0.3, -0.25) is 9.59 Å². The van der Waals surface area contributed by atoms with Crippen LogP contribution in [-0.2, 0) is 4.79 Å². The van der Waals surface area contributed by atoms with E-state index in [0.717, 1.165) is 36.3 Å². The van der Waals surface area contributed by atoms with Gasteiger partial charge in [0.25, 0.3) is 5.91 Å². The van der Waals surface area contributed by atoms with Gasteiger partial charge in [-0.15, -0.1) is 11.8 Å². The smallest absolute Gasteiger partial charge is 0.258 e. The number of hydrogen-bond donors (Lipinski definition) is 1. The number of ether oxygens (including phenoxy) is 1. The van der Waals surface area contributed by atoms with Crippen molar-refractivity contribution < 1.29 is 14.3 Å². The third kappa shape index (κ3) is 4.06. The highest BCUT2D eigenvalue weighted by atomic mass is 32.2. The van der Waals surface area contributed by atoms with Crippen molar-refractivity contribution in [1.82, 2.24) is 4.90 Å². The molecule has 1 saturated carbocycles. The summed E-state index contributed by atoms with van der Waals surface area (Å²) in [6, 6.07) is 14.7. The van der Waals surface area contributed by atoms with Crippen LogP contribution in [0.3, 0.4) is 0 Å². The summed E-state index contributed by atoms with van der Waals surface area (Å²) in [4.78, 5) is 29.9. The molecule has 3 atom stereocenters. The number of likely N-dealkylation sites (tertiary alicyclic amines) is 1. The summed E-state index contributed by atoms with van der Waals surface area (Å²) < 4.78 is 5.43. The first-order valence-corrected chi connectivity index (χ1v) is 11.8. The first-order valence-electron chi connectivity index (χ1n) is 10.5. The number of carbonyl (C=O) groups excluding carboxylic acids is 2. The quantitative estimate of drug-likeness (QED) is 0.699. The zero-order chi connectivity index (χ0) is 21.1. The summed E-state index contributed by atoms with van der Waals surface area (Å²) in [7, 11) is 1.57. The van der Waals surface area contributed by atoms with Gasteiger partial charge in [0, 0.05) is 16.6 Å². The van der Waals surface area contributed by atoms with Crippen LogP contribution >= 0.6 is 11.8 Å². The molecule has 158 valence electrons. The molecule has 1 aliphatic heterocycles. The minimum absolute atomic E-state index is 0.106. The van der Waals surface area contributed by atoms with Crippen LogP contribution in [0.25, 0.3) is 0 Å². The van der Waals surface area contributed by atoms with Crippen molar-refractivity contribution in [3.05, 3.63) is 54.1 Å². The standard InChI is InChI=1S/C24H28N2O3S/c1-29-22-13-6-4-11-19(22)24(28)26-20-12-5-3-8-16(20)14-21(26)23(27)25-17-9-7-10-18(15-17)30-2/h4,6-7,9-11,13,15-16,20-21H,3,5,8,12,14H2,1-2H3,(H,25,27). The Balaban J connectivity index is 1.63. The molecule has 1 N–H and O–H groups in total. The molecule has 30 heavy (non-hydrogen) atoms. The Hall–Kier alpha value is -2.47. The van der Waals surface area contributed by atoms with E-state index in [2.05, 4.69) is 5.32 Å². The Morgan fingerprint density at radius 2 is 1.90 bits per heavy atom. The number of fused-ring (bicyclic) bond motifs is 1. The molecule has 1 saturated heterocycles. The van der Waals surface area contributed by atoms with Crippen LogP contribution in [0.4, 0.5) is 5.69 Å². The summed E-state index contributed by atoms with van der Waals surface area (Å²) in [6.45, 7) is 0. The third-order valence-electron chi connectivity index (χ3n) is 6.30. The van der Waals surface area contributed by atoms with Crippen molar-refractivity contribution in [3.63, 3.8) is 0 Å². The maximum Gasteiger partial charge on any atom is 0.258 e. The van der Waals surface area contributed by atoms with Gasteiger partial charge >= 0.3 is 0 Å². The first-order chi connectivity index (χ1) is 14.6. The molecule has 0 bridgehead atoms. The number of nitrogens with one attached hydrogen (secondary N) is 1. The summed E-state index contributed by atoms with van der Waals surface area (Å²) in [6.07, 6.45) is 7.03. The number of nitrogens with zero attached hydrogens (tertiary/aromatic N) is 1. The van der Waals surface area contributed by atoms with Crippen molar-refractivity contribution in [2.75, 3.05) is 18.7 Å². The number of rotatable bonds is 5. The second kappa shape index (κ2) is 9.13. The lowest BCUT2D eigenvalue weighted by Crippen LogP contribution is -2.48. The highest BCUT2D eigenvalue weighted by Crippen LogP contribution is 2.41. The van der Waals surface area contributed by atoms with E-state index in [4.69, 9.17) is 4.74 Å². The van der Waals surface area contributed by atoms with Crippen molar-refractivity contribution >= 4 is 29.3 Å². The molecule has 6 heteroatoms. The number of amides is 2. The number of carbonyl (C=O) groups is 2. The lowest BCUT2D eigenvalue weighted by Gasteiger charge is -2.34. The lowest BCUT2D eigenvalue weighted by atomic mass is 9.84. The van der Waals surface area contributed by atoms with Gasteiger partial charge in [0.15, 0.2) is 0 Å². The molecule has 2 aromatic rings. The average molecular weight is 425 g/mol. The number of methoxy groups -OCH3 is 1. The van der Waals surface area contributed by atoms with Crippen LogP contribution in [0.2, 0.25) is 0 Å². The predicted molar refractivity (Wildman–Crippen MR) is 120 cm³/mol. The Morgan fingerprint density at radius 3 is 2.70 bits per heavy atom. The van der Waals surface area contributed by atoms with Gasteiger partial charge in [0.2, 0.25) is 5.91 Å². The molecular formula is C24H28N2O3S. The zero-order valence-corrected chi connectivity index (χ0v) is 18.3. The lowest BCUT2D eigenvalue weighted by molar-refractivity contribution is -0.120. The minimum Gasteiger partial charge on any atom is -0.496 e. The molecule has 3 unspecified atom stereocenters. The van der Waals surface area contributed by atoms with E-state index >= 15 is 0 Å². The van der Waals surface area contributed by atoms with Crippen LogP contribution in [0.15, 0.2) is 53.4 Å². The monoisotopic (exact) mass is 424 g/mol. The van der Waals surface area contributed by atoms with Crippen molar-refractivity contribution in [2.24, 2.45) is 5.92 Å². The van der Waals surface area contributed by atoms with Gasteiger partial charge < -0.3 is 15.0 Å². The first kappa shape index (κ1) is 20.8. The molecule has 0 spiro atoms. The second-order valence-corrected chi connectivity index (χ2v) is 8.88. The highest BCUT2D eigenvalue weighted by molar-refractivity contribution is 7.98. The molecule has 5 nitrogen and oxygen atoms in total. The Kier molecular flexibility index (Phi) is 6.32. The van der Waals surface area contributed by atoms with Crippen LogP contribution in [0.5, 0.6) is 5.75 Å². The van der Waals surface area contributed by atoms with E-state index in [0.29, 0.717) is 17.2 Å². The Labute approximate surface area is 182 Å². The van der Waals surface area contributed by atoms with E-state index < -0.39 is 6.04 Å². The summed E-state index contributed by atoms with van der Waals surface area (Å²) in [5.41, 5.74) is 1.29. The number of anilines is 1. The molecule has 2 aliphatic rings. The number of hydrogen-bond acceptors (Lipinski definition) is 4. The van der Waals surface area contributed by atoms with Crippen LogP contribution in [0, 0.1) is 5.92 Å². The zero-order valence-electron chi connectivity index (χ0n) is 17.5. The average Bonchev–Trinajstić information content (AvgIpc) is 3.18. The fourth-order valence-electron chi connectivity index (χ4n) is 4.87. The van der Waals surface area contributed by atoms with E-state index in [1.165, 1.54) is 6.42 Å². The molecule has 2 fully saturated rings. The van der Waals surface area contributed by atoms with Gasteiger partial charge in [-0.05, 0) is 61.8 Å². The topological polar surface area (TPSA) is 58.6 Å². The van der Waals surface area contributed by atoms with Gasteiger partial charge in [-0.25, -0.2) is 0 Å². The molecule has 1 heterocycles. The van der Waals surface area contributed by atoms with E-state index in [1.54, 1.807) is 31.0 Å². The highest BCUT2D eigenvalue weighted by Gasteiger charge is 2.47. The van der Waals surface area contributed by atoms with Crippen molar-refractivity contribution in [2.45, 2.75) is 49.1 Å². The molecule has 2 amide bonds. The van der Waals surface area contributed by atoms with Gasteiger partial charge in [-0.2, -0.15) is 0 Å². The van der Waals surface area contributed by atoms with Gasteiger partial charge in [-0.1, -0.05) is 31.0 Å². The van der Waals surface area contributed by atoms with Crippen LogP contribution in [0.1, 0.15) is 42.5 Å². The molecule has 0 aromatic heterocycles. The van der Waals surface area contributed by atoms with Crippen LogP contribution in [-0.4, -0.2) is 42.2 Å². The van der Waals surface area contributed by atoms with E-state index in [9.17, 15) is 9.59 Å². The second-order valence-electron chi connectivity index (χ2n) is 8.00. The molecule has 0 radical (unpaired) electrons. The molecular weight excluding hydrogens is 396 g/mol. The van der Waals surface area contributed by atoms with Gasteiger partial charge in [0.05, 0.1) is 12.7 Å². The summed E-state index contributed by atoms with van der Waals surface area (Å²) in [5.74, 6) is 0.713. The third-order valence-corrected chi connectivity index (χ3v) is 7.03. The number of para-hydroxylation sites is 1. The van der Waals surface area contributed by atoms with E-state index in [1.807, 2.05) is 47.6 Å². The van der Waals surface area contributed by atoms with Gasteiger partial charge in [0.1, 0.15) is 11.8 Å². The molecule has 2 aromatic carbocycles.